The first kappa shape index (κ1) is 21.3. The smallest absolute Gasteiger partial charge is 0.307 e. The summed E-state index contributed by atoms with van der Waals surface area (Å²) in [6.07, 6.45) is -4.50. The molecule has 0 spiro atoms. The zero-order chi connectivity index (χ0) is 19.8. The van der Waals surface area contributed by atoms with Gasteiger partial charge in [-0.1, -0.05) is 39.5 Å². The Labute approximate surface area is 161 Å². The van der Waals surface area contributed by atoms with Gasteiger partial charge in [-0.15, -0.1) is 5.10 Å². The Morgan fingerprint density at radius 1 is 1.04 bits per heavy atom. The Hall–Kier alpha value is -2.97. The maximum absolute atomic E-state index is 13.3. The number of rotatable bonds is 4. The number of halogens is 3. The largest absolute Gasteiger partial charge is 0.417 e. The van der Waals surface area contributed by atoms with E-state index in [-0.39, 0.29) is 24.7 Å². The van der Waals surface area contributed by atoms with Crippen molar-refractivity contribution >= 4 is 11.8 Å². The average Bonchev–Trinajstić information content (AvgIpc) is 3.07. The molecule has 0 saturated heterocycles. The monoisotopic (exact) mass is 392 g/mol. The van der Waals surface area contributed by atoms with Gasteiger partial charge in [-0.2, -0.15) is 18.2 Å². The van der Waals surface area contributed by atoms with Gasteiger partial charge in [-0.3, -0.25) is 5.10 Å². The van der Waals surface area contributed by atoms with E-state index in [2.05, 4.69) is 30.5 Å². The van der Waals surface area contributed by atoms with Crippen LogP contribution in [0.25, 0.3) is 11.4 Å². The van der Waals surface area contributed by atoms with Crippen LogP contribution in [-0.4, -0.2) is 25.1 Å². The summed E-state index contributed by atoms with van der Waals surface area (Å²) in [6.45, 7) is 7.44. The number of aromatic amines is 1. The van der Waals surface area contributed by atoms with Crippen LogP contribution in [0.4, 0.5) is 24.9 Å². The van der Waals surface area contributed by atoms with Gasteiger partial charge in [0.2, 0.25) is 5.95 Å². The van der Waals surface area contributed by atoms with E-state index in [4.69, 9.17) is 0 Å². The van der Waals surface area contributed by atoms with Crippen molar-refractivity contribution in [1.29, 1.82) is 0 Å². The molecule has 2 heterocycles. The second kappa shape index (κ2) is 7.95. The van der Waals surface area contributed by atoms with E-state index in [9.17, 15) is 13.2 Å². The van der Waals surface area contributed by atoms with Crippen LogP contribution >= 0.6 is 0 Å². The van der Waals surface area contributed by atoms with Crippen molar-refractivity contribution in [3.05, 3.63) is 46.9 Å². The molecular weight excluding hydrogens is 369 g/mol. The van der Waals surface area contributed by atoms with Gasteiger partial charge in [-0.05, 0) is 19.9 Å². The number of alkyl halides is 3. The quantitative estimate of drug-likeness (QED) is 0.621. The van der Waals surface area contributed by atoms with E-state index in [0.717, 1.165) is 6.07 Å². The molecule has 0 fully saturated rings. The van der Waals surface area contributed by atoms with Crippen molar-refractivity contribution in [3.8, 4) is 11.4 Å². The van der Waals surface area contributed by atoms with Crippen molar-refractivity contribution in [2.75, 3.05) is 5.32 Å². The van der Waals surface area contributed by atoms with E-state index in [1.165, 1.54) is 18.2 Å². The summed E-state index contributed by atoms with van der Waals surface area (Å²) in [5, 5.41) is 9.86. The molecule has 3 aromatic rings. The Morgan fingerprint density at radius 2 is 1.71 bits per heavy atom. The van der Waals surface area contributed by atoms with E-state index >= 15 is 0 Å². The normalized spacial score (nSPS) is 11.4. The number of aryl methyl sites for hydroxylation is 1. The third-order valence-corrected chi connectivity index (χ3v) is 4.14. The molecule has 0 unspecified atom stereocenters. The minimum absolute atomic E-state index is 0. The highest BCUT2D eigenvalue weighted by Gasteiger charge is 2.34. The minimum Gasteiger partial charge on any atom is -0.307 e. The lowest BCUT2D eigenvalue weighted by Crippen LogP contribution is -2.10. The van der Waals surface area contributed by atoms with Crippen molar-refractivity contribution in [3.63, 3.8) is 0 Å². The van der Waals surface area contributed by atoms with Gasteiger partial charge in [0.05, 0.1) is 5.56 Å². The van der Waals surface area contributed by atoms with E-state index in [1.54, 1.807) is 13.8 Å². The lowest BCUT2D eigenvalue weighted by atomic mass is 10.1. The molecule has 0 saturated carbocycles. The van der Waals surface area contributed by atoms with Gasteiger partial charge in [0.25, 0.3) is 0 Å². The molecule has 0 aliphatic carbocycles. The highest BCUT2D eigenvalue weighted by atomic mass is 19.4. The van der Waals surface area contributed by atoms with Crippen LogP contribution in [0, 0.1) is 13.8 Å². The molecule has 9 heteroatoms. The summed E-state index contributed by atoms with van der Waals surface area (Å²) in [5.74, 6) is 1.52. The summed E-state index contributed by atoms with van der Waals surface area (Å²) in [6, 6.07) is 5.25. The Morgan fingerprint density at radius 3 is 2.32 bits per heavy atom. The van der Waals surface area contributed by atoms with Crippen molar-refractivity contribution in [2.45, 2.75) is 47.2 Å². The van der Waals surface area contributed by atoms with Crippen LogP contribution in [0.2, 0.25) is 0 Å². The molecule has 6 nitrogen and oxygen atoms in total. The molecule has 2 N–H and O–H groups in total. The summed E-state index contributed by atoms with van der Waals surface area (Å²) < 4.78 is 40.0. The summed E-state index contributed by atoms with van der Waals surface area (Å²) in [7, 11) is 0. The zero-order valence-electron chi connectivity index (χ0n) is 15.3. The van der Waals surface area contributed by atoms with Crippen LogP contribution in [0.3, 0.4) is 0 Å². The molecule has 28 heavy (non-hydrogen) atoms. The van der Waals surface area contributed by atoms with Crippen molar-refractivity contribution in [1.82, 2.24) is 25.1 Å². The first-order chi connectivity index (χ1) is 12.7. The van der Waals surface area contributed by atoms with Crippen molar-refractivity contribution in [2.24, 2.45) is 0 Å². The van der Waals surface area contributed by atoms with Crippen molar-refractivity contribution < 1.29 is 13.2 Å². The molecule has 0 aliphatic heterocycles. The van der Waals surface area contributed by atoms with Gasteiger partial charge >= 0.3 is 6.18 Å². The number of benzene rings is 1. The predicted molar refractivity (Wildman–Crippen MR) is 102 cm³/mol. The lowest BCUT2D eigenvalue weighted by Gasteiger charge is -2.14. The number of H-pyrrole nitrogens is 1. The fourth-order valence-corrected chi connectivity index (χ4v) is 2.49. The summed E-state index contributed by atoms with van der Waals surface area (Å²) in [4.78, 5) is 12.9. The number of anilines is 2. The molecule has 0 aliphatic rings. The average molecular weight is 392 g/mol. The van der Waals surface area contributed by atoms with Crippen LogP contribution in [0.1, 0.15) is 49.8 Å². The maximum Gasteiger partial charge on any atom is 0.417 e. The fraction of sp³-hybridized carbons (Fsp3) is 0.368. The van der Waals surface area contributed by atoms with Gasteiger partial charge in [0.1, 0.15) is 11.6 Å². The van der Waals surface area contributed by atoms with Crippen LogP contribution in [0.5, 0.6) is 0 Å². The number of nitrogens with zero attached hydrogens (tertiary/aromatic N) is 4. The Balaban J connectivity index is 0.00000280. The van der Waals surface area contributed by atoms with E-state index in [1.807, 2.05) is 13.8 Å². The van der Waals surface area contributed by atoms with E-state index < -0.39 is 11.7 Å². The fourth-order valence-electron chi connectivity index (χ4n) is 2.49. The molecule has 0 bridgehead atoms. The lowest BCUT2D eigenvalue weighted by molar-refractivity contribution is -0.137. The number of nitrogens with one attached hydrogen (secondary N) is 2. The molecule has 2 aromatic heterocycles. The Kier molecular flexibility index (Phi) is 6.06. The number of hydrogen-bond donors (Lipinski definition) is 2. The topological polar surface area (TPSA) is 79.4 Å². The molecule has 0 atom stereocenters. The van der Waals surface area contributed by atoms with Crippen LogP contribution in [0.15, 0.2) is 24.3 Å². The third-order valence-electron chi connectivity index (χ3n) is 4.14. The SMILES string of the molecule is C.Cc1nc(-c2ccccc2C(F)(F)F)nc(Nc2n[nH]c(C(C)C)n2)c1C. The van der Waals surface area contributed by atoms with Crippen LogP contribution in [-0.2, 0) is 6.18 Å². The summed E-state index contributed by atoms with van der Waals surface area (Å²) in [5.41, 5.74) is 0.423. The van der Waals surface area contributed by atoms with Gasteiger partial charge in [-0.25, -0.2) is 9.97 Å². The van der Waals surface area contributed by atoms with E-state index in [0.29, 0.717) is 28.8 Å². The molecule has 3 rings (SSSR count). The molecule has 1 aromatic carbocycles. The third kappa shape index (κ3) is 4.29. The van der Waals surface area contributed by atoms with Gasteiger partial charge < -0.3 is 5.32 Å². The number of hydrogen-bond acceptors (Lipinski definition) is 5. The minimum atomic E-state index is -4.50. The zero-order valence-corrected chi connectivity index (χ0v) is 15.3. The molecule has 150 valence electrons. The predicted octanol–water partition coefficient (Wildman–Crippen LogP) is 5.40. The summed E-state index contributed by atoms with van der Waals surface area (Å²) >= 11 is 0. The standard InChI is InChI=1S/C18H19F3N6.CH4/c1-9(2)14-24-17(27-26-14)25-15-10(3)11(4)22-16(23-15)12-7-5-6-8-13(12)18(19,20)21;/h5-9H,1-4H3,(H2,22,23,24,25,26,27);1H4. The first-order valence-corrected chi connectivity index (χ1v) is 8.38. The number of aromatic nitrogens is 5. The second-order valence-corrected chi connectivity index (χ2v) is 6.47. The maximum atomic E-state index is 13.3. The second-order valence-electron chi connectivity index (χ2n) is 6.47. The highest BCUT2D eigenvalue weighted by molar-refractivity contribution is 5.65. The van der Waals surface area contributed by atoms with Crippen LogP contribution < -0.4 is 5.32 Å². The molecule has 0 amide bonds. The Bertz CT molecular complexity index is 963. The van der Waals surface area contributed by atoms with Gasteiger partial charge in [0, 0.05) is 22.7 Å². The first-order valence-electron chi connectivity index (χ1n) is 8.38. The molecular formula is C19H23F3N6. The molecule has 0 radical (unpaired) electrons. The van der Waals surface area contributed by atoms with Gasteiger partial charge in [0.15, 0.2) is 5.82 Å². The highest BCUT2D eigenvalue weighted by Crippen LogP contribution is 2.36.